The van der Waals surface area contributed by atoms with Gasteiger partial charge in [-0.2, -0.15) is 4.98 Å². The van der Waals surface area contributed by atoms with Crippen molar-refractivity contribution in [3.63, 3.8) is 0 Å². The minimum Gasteiger partial charge on any atom is -0.339 e. The highest BCUT2D eigenvalue weighted by atomic mass is 16.5. The Morgan fingerprint density at radius 2 is 2.07 bits per heavy atom. The summed E-state index contributed by atoms with van der Waals surface area (Å²) in [6.45, 7) is 4.34. The zero-order valence-electron chi connectivity index (χ0n) is 17.1. The maximum atomic E-state index is 5.71. The van der Waals surface area contributed by atoms with Gasteiger partial charge in [0, 0.05) is 30.3 Å². The van der Waals surface area contributed by atoms with Crippen LogP contribution in [-0.4, -0.2) is 55.2 Å². The van der Waals surface area contributed by atoms with Gasteiger partial charge < -0.3 is 9.42 Å². The predicted octanol–water partition coefficient (Wildman–Crippen LogP) is 2.82. The van der Waals surface area contributed by atoms with Gasteiger partial charge in [-0.15, -0.1) is 5.10 Å². The number of fused-ring (bicyclic) bond motifs is 1. The Labute approximate surface area is 170 Å². The lowest BCUT2D eigenvalue weighted by Crippen LogP contribution is -2.33. The van der Waals surface area contributed by atoms with Crippen molar-refractivity contribution in [1.29, 1.82) is 0 Å². The quantitative estimate of drug-likeness (QED) is 0.674. The summed E-state index contributed by atoms with van der Waals surface area (Å²) in [7, 11) is 2.18. The van der Waals surface area contributed by atoms with Crippen molar-refractivity contribution in [2.75, 3.05) is 20.1 Å². The van der Waals surface area contributed by atoms with E-state index in [4.69, 9.17) is 9.51 Å². The molecule has 0 N–H and O–H groups in total. The largest absolute Gasteiger partial charge is 0.339 e. The highest BCUT2D eigenvalue weighted by Crippen LogP contribution is 2.34. The first-order valence-corrected chi connectivity index (χ1v) is 10.6. The van der Waals surface area contributed by atoms with Gasteiger partial charge in [0.2, 0.25) is 11.7 Å². The Morgan fingerprint density at radius 1 is 1.21 bits per heavy atom. The van der Waals surface area contributed by atoms with Gasteiger partial charge in [0.15, 0.2) is 0 Å². The third-order valence-corrected chi connectivity index (χ3v) is 6.39. The van der Waals surface area contributed by atoms with Crippen LogP contribution in [-0.2, 0) is 19.3 Å². The van der Waals surface area contributed by atoms with Crippen molar-refractivity contribution in [1.82, 2.24) is 35.0 Å². The van der Waals surface area contributed by atoms with E-state index in [0.717, 1.165) is 74.3 Å². The molecule has 29 heavy (non-hydrogen) atoms. The third-order valence-electron chi connectivity index (χ3n) is 6.39. The summed E-state index contributed by atoms with van der Waals surface area (Å²) in [4.78, 5) is 11.4. The molecule has 152 valence electrons. The van der Waals surface area contributed by atoms with Crippen molar-refractivity contribution in [2.24, 2.45) is 0 Å². The van der Waals surface area contributed by atoms with E-state index in [0.29, 0.717) is 11.9 Å². The number of rotatable bonds is 4. The second-order valence-electron chi connectivity index (χ2n) is 8.24. The molecule has 8 nitrogen and oxygen atoms in total. The highest BCUT2D eigenvalue weighted by Gasteiger charge is 2.31. The first kappa shape index (κ1) is 18.4. The fourth-order valence-electron chi connectivity index (χ4n) is 4.58. The molecule has 2 aliphatic rings. The van der Waals surface area contributed by atoms with E-state index < -0.39 is 0 Å². The van der Waals surface area contributed by atoms with Gasteiger partial charge >= 0.3 is 0 Å². The van der Waals surface area contributed by atoms with Crippen LogP contribution in [0.3, 0.4) is 0 Å². The van der Waals surface area contributed by atoms with Crippen LogP contribution in [0.15, 0.2) is 23.0 Å². The molecule has 1 atom stereocenters. The molecule has 1 saturated heterocycles. The number of aromatic nitrogens is 6. The van der Waals surface area contributed by atoms with Gasteiger partial charge in [-0.1, -0.05) is 17.3 Å². The normalized spacial score (nSPS) is 20.7. The molecule has 0 radical (unpaired) electrons. The Bertz CT molecular complexity index is 987. The first-order chi connectivity index (χ1) is 14.2. The van der Waals surface area contributed by atoms with Gasteiger partial charge in [0.05, 0.1) is 17.4 Å². The number of piperidine rings is 1. The molecular weight excluding hydrogens is 366 g/mol. The summed E-state index contributed by atoms with van der Waals surface area (Å²) in [5.74, 6) is 1.60. The van der Waals surface area contributed by atoms with Gasteiger partial charge in [0.1, 0.15) is 0 Å². The summed E-state index contributed by atoms with van der Waals surface area (Å²) in [6.07, 6.45) is 9.56. The molecular formula is C21H27N7O. The summed E-state index contributed by atoms with van der Waals surface area (Å²) in [5, 5.41) is 13.3. The number of hydrogen-bond donors (Lipinski definition) is 0. The van der Waals surface area contributed by atoms with Gasteiger partial charge in [-0.3, -0.25) is 4.98 Å². The number of aryl methyl sites for hydroxylation is 2. The predicted molar refractivity (Wildman–Crippen MR) is 107 cm³/mol. The average Bonchev–Trinajstić information content (AvgIpc) is 3.41. The van der Waals surface area contributed by atoms with E-state index in [1.54, 1.807) is 6.20 Å². The van der Waals surface area contributed by atoms with E-state index >= 15 is 0 Å². The van der Waals surface area contributed by atoms with E-state index in [2.05, 4.69) is 44.0 Å². The second kappa shape index (κ2) is 7.67. The van der Waals surface area contributed by atoms with Crippen molar-refractivity contribution < 1.29 is 4.52 Å². The molecule has 1 unspecified atom stereocenters. The van der Waals surface area contributed by atoms with E-state index in [1.807, 2.05) is 12.3 Å². The van der Waals surface area contributed by atoms with Crippen LogP contribution >= 0.6 is 0 Å². The first-order valence-electron chi connectivity index (χ1n) is 10.6. The maximum absolute atomic E-state index is 5.71. The zero-order valence-corrected chi connectivity index (χ0v) is 17.1. The fraction of sp³-hybridized carbons (Fsp3) is 0.571. The Balaban J connectivity index is 1.38. The molecule has 3 aromatic rings. The topological polar surface area (TPSA) is 85.8 Å². The van der Waals surface area contributed by atoms with Gasteiger partial charge in [-0.05, 0) is 63.9 Å². The summed E-state index contributed by atoms with van der Waals surface area (Å²) < 4.78 is 7.90. The van der Waals surface area contributed by atoms with Crippen LogP contribution in [0.5, 0.6) is 0 Å². The summed E-state index contributed by atoms with van der Waals surface area (Å²) >= 11 is 0. The summed E-state index contributed by atoms with van der Waals surface area (Å²) in [5.41, 5.74) is 4.54. The highest BCUT2D eigenvalue weighted by molar-refractivity contribution is 5.58. The molecule has 1 fully saturated rings. The monoisotopic (exact) mass is 393 g/mol. The van der Waals surface area contributed by atoms with Crippen molar-refractivity contribution in [3.8, 4) is 11.4 Å². The molecule has 4 heterocycles. The molecule has 0 spiro atoms. The molecule has 0 saturated carbocycles. The van der Waals surface area contributed by atoms with Crippen LogP contribution < -0.4 is 0 Å². The molecule has 0 amide bonds. The summed E-state index contributed by atoms with van der Waals surface area (Å²) in [6, 6.07) is 2.41. The van der Waals surface area contributed by atoms with E-state index in [9.17, 15) is 0 Å². The number of likely N-dealkylation sites (tertiary alicyclic amines) is 1. The van der Waals surface area contributed by atoms with Crippen LogP contribution in [0, 0.1) is 0 Å². The zero-order chi connectivity index (χ0) is 19.8. The Kier molecular flexibility index (Phi) is 4.87. The molecule has 0 bridgehead atoms. The maximum Gasteiger partial charge on any atom is 0.230 e. The van der Waals surface area contributed by atoms with Gasteiger partial charge in [-0.25, -0.2) is 4.68 Å². The van der Waals surface area contributed by atoms with Crippen molar-refractivity contribution >= 4 is 0 Å². The van der Waals surface area contributed by atoms with Crippen molar-refractivity contribution in [3.05, 3.63) is 41.3 Å². The lowest BCUT2D eigenvalue weighted by molar-refractivity contribution is 0.207. The molecule has 3 aromatic heterocycles. The van der Waals surface area contributed by atoms with Crippen LogP contribution in [0.4, 0.5) is 0 Å². The van der Waals surface area contributed by atoms with E-state index in [1.165, 1.54) is 5.69 Å². The fourth-order valence-corrected chi connectivity index (χ4v) is 4.58. The second-order valence-corrected chi connectivity index (χ2v) is 8.24. The Morgan fingerprint density at radius 3 is 2.90 bits per heavy atom. The Hall–Kier alpha value is -2.61. The lowest BCUT2D eigenvalue weighted by atomic mass is 9.89. The molecule has 0 aromatic carbocycles. The van der Waals surface area contributed by atoms with Crippen LogP contribution in [0.1, 0.15) is 61.0 Å². The minimum absolute atomic E-state index is 0.221. The van der Waals surface area contributed by atoms with Gasteiger partial charge in [0.25, 0.3) is 0 Å². The smallest absolute Gasteiger partial charge is 0.230 e. The van der Waals surface area contributed by atoms with Crippen LogP contribution in [0.25, 0.3) is 11.4 Å². The number of nitrogens with zero attached hydrogens (tertiary/aromatic N) is 7. The molecule has 1 aliphatic heterocycles. The number of pyridine rings is 1. The standard InChI is InChI=1S/C21H27N7O/c1-3-14-13-22-9-6-17(14)20-23-21(29-25-20)15-4-5-18-19(12-15)28(26-24-18)16-7-10-27(2)11-8-16/h6,9,13,15-16H,3-5,7-8,10-12H2,1-2H3. The SMILES string of the molecule is CCc1cnccc1-c1noc(C2CCc3nnn(C4CCN(C)CC4)c3C2)n1. The third kappa shape index (κ3) is 3.46. The molecule has 8 heteroatoms. The lowest BCUT2D eigenvalue weighted by Gasteiger charge is -2.30. The van der Waals surface area contributed by atoms with Crippen molar-refractivity contribution in [2.45, 2.75) is 57.4 Å². The average molecular weight is 393 g/mol. The molecule has 5 rings (SSSR count). The minimum atomic E-state index is 0.221. The molecule has 1 aliphatic carbocycles. The van der Waals surface area contributed by atoms with E-state index in [-0.39, 0.29) is 5.92 Å². The number of hydrogen-bond acceptors (Lipinski definition) is 7. The van der Waals surface area contributed by atoms with Crippen LogP contribution in [0.2, 0.25) is 0 Å².